The van der Waals surface area contributed by atoms with Gasteiger partial charge in [0.25, 0.3) is 5.88 Å². The third-order valence-corrected chi connectivity index (χ3v) is 6.11. The van der Waals surface area contributed by atoms with Gasteiger partial charge < -0.3 is 4.74 Å². The highest BCUT2D eigenvalue weighted by atomic mass is 32.2. The van der Waals surface area contributed by atoms with Gasteiger partial charge in [0.15, 0.2) is 15.9 Å². The lowest BCUT2D eigenvalue weighted by atomic mass is 10.2. The maximum absolute atomic E-state index is 14.2. The summed E-state index contributed by atoms with van der Waals surface area (Å²) < 4.78 is 83.7. The molecule has 0 aliphatic carbocycles. The molecule has 0 saturated heterocycles. The second-order valence-corrected chi connectivity index (χ2v) is 8.34. The van der Waals surface area contributed by atoms with E-state index in [0.717, 1.165) is 12.1 Å². The number of halogens is 4. The Morgan fingerprint density at radius 1 is 1.29 bits per heavy atom. The van der Waals surface area contributed by atoms with Crippen molar-refractivity contribution < 1.29 is 35.6 Å². The van der Waals surface area contributed by atoms with Gasteiger partial charge in [-0.3, -0.25) is 15.1 Å². The number of ether oxygens (including phenoxy) is 1. The van der Waals surface area contributed by atoms with Crippen LogP contribution in [0.2, 0.25) is 0 Å². The smallest absolute Gasteiger partial charge is 0.425 e. The normalized spacial score (nSPS) is 14.0. The lowest BCUT2D eigenvalue weighted by Gasteiger charge is -2.20. The van der Waals surface area contributed by atoms with Crippen LogP contribution >= 0.6 is 0 Å². The van der Waals surface area contributed by atoms with Crippen LogP contribution < -0.4 is 4.74 Å². The molecule has 9 nitrogen and oxygen atoms in total. The van der Waals surface area contributed by atoms with Crippen LogP contribution in [0.25, 0.3) is 0 Å². The van der Waals surface area contributed by atoms with Crippen LogP contribution in [0.1, 0.15) is 23.7 Å². The van der Waals surface area contributed by atoms with Crippen LogP contribution in [-0.2, 0) is 9.84 Å². The molecule has 0 aliphatic rings. The summed E-state index contributed by atoms with van der Waals surface area (Å²) in [5.41, 5.74) is -1.99. The Kier molecular flexibility index (Phi) is 6.93. The first-order valence-corrected chi connectivity index (χ1v) is 10.0. The van der Waals surface area contributed by atoms with Gasteiger partial charge in [-0.05, 0) is 32.7 Å². The maximum atomic E-state index is 14.2. The van der Waals surface area contributed by atoms with Crippen molar-refractivity contribution in [3.05, 3.63) is 51.7 Å². The van der Waals surface area contributed by atoms with Gasteiger partial charge in [-0.25, -0.2) is 17.8 Å². The molecule has 1 aromatic heterocycles. The first-order valence-electron chi connectivity index (χ1n) is 8.47. The van der Waals surface area contributed by atoms with Crippen LogP contribution in [0.5, 0.6) is 5.88 Å². The zero-order chi connectivity index (χ0) is 23.6. The highest BCUT2D eigenvalue weighted by Gasteiger charge is 2.43. The van der Waals surface area contributed by atoms with Crippen molar-refractivity contribution in [3.8, 4) is 5.88 Å². The van der Waals surface area contributed by atoms with E-state index >= 15 is 0 Å². The van der Waals surface area contributed by atoms with Gasteiger partial charge in [-0.15, -0.1) is 0 Å². The molecule has 1 aromatic carbocycles. The Morgan fingerprint density at radius 3 is 2.42 bits per heavy atom. The highest BCUT2D eigenvalue weighted by molar-refractivity contribution is 7.91. The molecule has 2 unspecified atom stereocenters. The number of aryl methyl sites for hydroxylation is 1. The second-order valence-electron chi connectivity index (χ2n) is 6.24. The maximum Gasteiger partial charge on any atom is 0.425 e. The van der Waals surface area contributed by atoms with Crippen LogP contribution in [0.15, 0.2) is 34.2 Å². The lowest BCUT2D eigenvalue weighted by molar-refractivity contribution is -0.387. The molecule has 0 spiro atoms. The topological polar surface area (TPSA) is 125 Å². The van der Waals surface area contributed by atoms with Crippen LogP contribution in [-0.4, -0.2) is 48.9 Å². The van der Waals surface area contributed by atoms with E-state index in [1.54, 1.807) is 0 Å². The summed E-state index contributed by atoms with van der Waals surface area (Å²) in [6.45, 7) is 4.23. The Hall–Kier alpha value is -3.16. The molecule has 0 amide bonds. The van der Waals surface area contributed by atoms with E-state index in [2.05, 4.69) is 26.4 Å². The molecule has 0 bridgehead atoms. The van der Waals surface area contributed by atoms with Gasteiger partial charge >= 0.3 is 11.9 Å². The second kappa shape index (κ2) is 8.91. The molecule has 1 heterocycles. The minimum Gasteiger partial charge on any atom is -0.460 e. The summed E-state index contributed by atoms with van der Waals surface area (Å²) in [7, 11) is -4.67. The largest absolute Gasteiger partial charge is 0.460 e. The predicted octanol–water partition coefficient (Wildman–Crippen LogP) is 3.38. The first-order chi connectivity index (χ1) is 14.3. The molecular formula is C17H16F4N4O5S. The number of nitro groups is 1. The van der Waals surface area contributed by atoms with Crippen molar-refractivity contribution in [3.63, 3.8) is 0 Å². The van der Waals surface area contributed by atoms with Gasteiger partial charge in [0.05, 0.1) is 11.5 Å². The third-order valence-electron chi connectivity index (χ3n) is 4.04. The molecule has 31 heavy (non-hydrogen) atoms. The summed E-state index contributed by atoms with van der Waals surface area (Å²) >= 11 is 0. The van der Waals surface area contributed by atoms with Crippen molar-refractivity contribution in [2.24, 2.45) is 4.99 Å². The van der Waals surface area contributed by atoms with Crippen molar-refractivity contribution in [1.29, 1.82) is 0 Å². The van der Waals surface area contributed by atoms with Gasteiger partial charge in [-0.2, -0.15) is 18.2 Å². The van der Waals surface area contributed by atoms with E-state index < -0.39 is 66.8 Å². The number of sulfone groups is 1. The summed E-state index contributed by atoms with van der Waals surface area (Å²) in [6.07, 6.45) is -7.37. The molecular weight excluding hydrogens is 448 g/mol. The van der Waals surface area contributed by atoms with Crippen molar-refractivity contribution >= 4 is 22.2 Å². The fraction of sp³-hybridized carbons (Fsp3) is 0.353. The molecule has 0 fully saturated rings. The number of alkyl halides is 3. The van der Waals surface area contributed by atoms with Crippen molar-refractivity contribution in [1.82, 2.24) is 9.97 Å². The van der Waals surface area contributed by atoms with Gasteiger partial charge in [0.2, 0.25) is 0 Å². The van der Waals surface area contributed by atoms with E-state index in [1.165, 1.54) is 19.1 Å². The number of rotatable bonds is 8. The zero-order valence-corrected chi connectivity index (χ0v) is 16.9. The van der Waals surface area contributed by atoms with Gasteiger partial charge in [-0.1, -0.05) is 12.1 Å². The average Bonchev–Trinajstić information content (AvgIpc) is 2.64. The number of nitrogens with zero attached hydrogens (tertiary/aromatic N) is 4. The van der Waals surface area contributed by atoms with Crippen molar-refractivity contribution in [2.45, 2.75) is 36.3 Å². The Balaban J connectivity index is 2.77. The highest BCUT2D eigenvalue weighted by Crippen LogP contribution is 2.39. The number of aliphatic imine (C=N–C) groups is 1. The van der Waals surface area contributed by atoms with E-state index in [1.807, 2.05) is 0 Å². The molecule has 0 saturated carbocycles. The molecule has 0 aliphatic heterocycles. The van der Waals surface area contributed by atoms with Gasteiger partial charge in [0.1, 0.15) is 27.5 Å². The summed E-state index contributed by atoms with van der Waals surface area (Å²) in [5.74, 6) is -2.51. The minimum atomic E-state index is -4.88. The molecule has 14 heteroatoms. The van der Waals surface area contributed by atoms with Crippen LogP contribution in [0.4, 0.5) is 23.2 Å². The number of hydrogen-bond acceptors (Lipinski definition) is 8. The molecule has 2 atom stereocenters. The number of hydrogen-bond donors (Lipinski definition) is 0. The third kappa shape index (κ3) is 5.13. The van der Waals surface area contributed by atoms with E-state index in [0.29, 0.717) is 6.92 Å². The molecule has 2 rings (SSSR count). The molecule has 2 aromatic rings. The quantitative estimate of drug-likeness (QED) is 0.254. The predicted molar refractivity (Wildman–Crippen MR) is 100 cm³/mol. The Labute approximate surface area is 173 Å². The van der Waals surface area contributed by atoms with E-state index in [-0.39, 0.29) is 5.82 Å². The number of aromatic nitrogens is 2. The Bertz CT molecular complexity index is 1110. The molecule has 0 radical (unpaired) electrons. The monoisotopic (exact) mass is 464 g/mol. The van der Waals surface area contributed by atoms with E-state index in [9.17, 15) is 36.1 Å². The van der Waals surface area contributed by atoms with Gasteiger partial charge in [0, 0.05) is 0 Å². The zero-order valence-electron chi connectivity index (χ0n) is 16.1. The minimum absolute atomic E-state index is 0.303. The van der Waals surface area contributed by atoms with Crippen LogP contribution in [0.3, 0.4) is 0 Å². The Morgan fingerprint density at radius 2 is 1.90 bits per heavy atom. The first kappa shape index (κ1) is 24.1. The summed E-state index contributed by atoms with van der Waals surface area (Å²) in [5, 5.41) is 9.74. The summed E-state index contributed by atoms with van der Waals surface area (Å²) in [4.78, 5) is 20.4. The molecule has 168 valence electrons. The summed E-state index contributed by atoms with van der Waals surface area (Å²) in [6, 6.07) is 4.26. The van der Waals surface area contributed by atoms with E-state index in [4.69, 9.17) is 0 Å². The fourth-order valence-corrected chi connectivity index (χ4v) is 4.23. The standard InChI is InChI=1S/C17H16F4N4O5S/c1-9(17(19,20)21)30-16-15(25(26)27)14(23-10(2)24-16)13(8-22-3)31(28,29)12-7-5-4-6-11(12)18/h4-7,9,13H,3,8H2,1-2H3. The lowest BCUT2D eigenvalue weighted by Crippen LogP contribution is -2.32. The number of benzene rings is 1. The molecule has 0 N–H and O–H groups in total. The van der Waals surface area contributed by atoms with Crippen LogP contribution in [0, 0.1) is 22.9 Å². The average molecular weight is 464 g/mol. The SMILES string of the molecule is C=NCC(c1nc(C)nc(OC(C)C(F)(F)F)c1[N+](=O)[O-])S(=O)(=O)c1ccccc1F. The van der Waals surface area contributed by atoms with Crippen molar-refractivity contribution in [2.75, 3.05) is 6.54 Å². The fourth-order valence-electron chi connectivity index (χ4n) is 2.55.